The Kier molecular flexibility index (Phi) is 5.15. The van der Waals surface area contributed by atoms with Gasteiger partial charge in [0.15, 0.2) is 0 Å². The zero-order valence-corrected chi connectivity index (χ0v) is 13.9. The van der Waals surface area contributed by atoms with Crippen molar-refractivity contribution in [2.24, 2.45) is 0 Å². The van der Waals surface area contributed by atoms with Gasteiger partial charge in [-0.15, -0.1) is 22.7 Å². The highest BCUT2D eigenvalue weighted by Gasteiger charge is 2.17. The van der Waals surface area contributed by atoms with Crippen LogP contribution in [0.2, 0.25) is 0 Å². The maximum Gasteiger partial charge on any atom is 0.261 e. The second-order valence-corrected chi connectivity index (χ2v) is 7.75. The monoisotopic (exact) mass is 358 g/mol. The lowest BCUT2D eigenvalue weighted by Crippen LogP contribution is -2.33. The quantitative estimate of drug-likeness (QED) is 0.885. The van der Waals surface area contributed by atoms with Gasteiger partial charge in [0.1, 0.15) is 0 Å². The maximum absolute atomic E-state index is 12.0. The molecule has 19 heavy (non-hydrogen) atoms. The molecule has 2 rings (SSSR count). The van der Waals surface area contributed by atoms with Gasteiger partial charge < -0.3 is 10.2 Å². The van der Waals surface area contributed by atoms with Crippen LogP contribution in [0.1, 0.15) is 20.6 Å². The largest absolute Gasteiger partial charge is 0.349 e. The van der Waals surface area contributed by atoms with Crippen molar-refractivity contribution in [3.05, 3.63) is 43.2 Å². The molecule has 2 aromatic heterocycles. The number of nitrogens with one attached hydrogen (secondary N) is 1. The fourth-order valence-electron chi connectivity index (χ4n) is 1.73. The number of likely N-dealkylation sites (N-methyl/N-ethyl adjacent to an activating group) is 1. The highest BCUT2D eigenvalue weighted by Crippen LogP contribution is 2.24. The van der Waals surface area contributed by atoms with E-state index in [0.29, 0.717) is 6.54 Å². The molecule has 1 amide bonds. The average Bonchev–Trinajstić information content (AvgIpc) is 3.00. The lowest BCUT2D eigenvalue weighted by atomic mass is 10.2. The van der Waals surface area contributed by atoms with Crippen LogP contribution in [0.4, 0.5) is 0 Å². The van der Waals surface area contributed by atoms with Crippen molar-refractivity contribution in [1.29, 1.82) is 0 Å². The Morgan fingerprint density at radius 2 is 2.21 bits per heavy atom. The molecule has 0 aromatic carbocycles. The molecule has 2 aromatic rings. The first kappa shape index (κ1) is 14.7. The van der Waals surface area contributed by atoms with E-state index in [4.69, 9.17) is 0 Å². The summed E-state index contributed by atoms with van der Waals surface area (Å²) in [5.74, 6) is -0.0147. The molecule has 0 fully saturated rings. The van der Waals surface area contributed by atoms with Gasteiger partial charge in [-0.05, 0) is 53.6 Å². The third-order valence-corrected chi connectivity index (χ3v) is 5.34. The SMILES string of the molecule is CN(C)C(CNC(=O)c1ccc(Br)s1)c1cccs1. The van der Waals surface area contributed by atoms with Crippen LogP contribution in [0.15, 0.2) is 33.4 Å². The van der Waals surface area contributed by atoms with E-state index < -0.39 is 0 Å². The van der Waals surface area contributed by atoms with Gasteiger partial charge in [-0.3, -0.25) is 4.79 Å². The summed E-state index contributed by atoms with van der Waals surface area (Å²) in [6, 6.07) is 8.08. The van der Waals surface area contributed by atoms with Gasteiger partial charge in [-0.25, -0.2) is 0 Å². The molecule has 0 saturated carbocycles. The molecule has 102 valence electrons. The number of carbonyl (C=O) groups is 1. The van der Waals surface area contributed by atoms with Crippen molar-refractivity contribution in [1.82, 2.24) is 10.2 Å². The third kappa shape index (κ3) is 3.89. The number of nitrogens with zero attached hydrogens (tertiary/aromatic N) is 1. The smallest absolute Gasteiger partial charge is 0.261 e. The minimum absolute atomic E-state index is 0.0147. The molecule has 0 aliphatic carbocycles. The van der Waals surface area contributed by atoms with Crippen molar-refractivity contribution in [3.8, 4) is 0 Å². The summed E-state index contributed by atoms with van der Waals surface area (Å²) in [7, 11) is 4.05. The summed E-state index contributed by atoms with van der Waals surface area (Å²) in [6.07, 6.45) is 0. The Labute approximate surface area is 129 Å². The number of rotatable bonds is 5. The van der Waals surface area contributed by atoms with E-state index in [1.54, 1.807) is 11.3 Å². The zero-order valence-electron chi connectivity index (χ0n) is 10.7. The normalized spacial score (nSPS) is 12.6. The van der Waals surface area contributed by atoms with Gasteiger partial charge in [0.2, 0.25) is 0 Å². The van der Waals surface area contributed by atoms with Crippen molar-refractivity contribution < 1.29 is 4.79 Å². The predicted molar refractivity (Wildman–Crippen MR) is 85.1 cm³/mol. The molecule has 0 aliphatic rings. The first-order valence-corrected chi connectivity index (χ1v) is 8.30. The molecule has 0 aliphatic heterocycles. The summed E-state index contributed by atoms with van der Waals surface area (Å²) in [5.41, 5.74) is 0. The molecule has 0 radical (unpaired) electrons. The number of thiophene rings is 2. The van der Waals surface area contributed by atoms with E-state index in [9.17, 15) is 4.79 Å². The van der Waals surface area contributed by atoms with Gasteiger partial charge in [0.25, 0.3) is 5.91 Å². The number of hydrogen-bond acceptors (Lipinski definition) is 4. The zero-order chi connectivity index (χ0) is 13.8. The second kappa shape index (κ2) is 6.65. The predicted octanol–water partition coefficient (Wildman–Crippen LogP) is 3.60. The van der Waals surface area contributed by atoms with Gasteiger partial charge in [0.05, 0.1) is 14.7 Å². The first-order valence-electron chi connectivity index (χ1n) is 5.81. The van der Waals surface area contributed by atoms with E-state index in [2.05, 4.69) is 37.6 Å². The fraction of sp³-hybridized carbons (Fsp3) is 0.308. The summed E-state index contributed by atoms with van der Waals surface area (Å²) in [5, 5.41) is 5.06. The fourth-order valence-corrected chi connectivity index (χ4v) is 3.96. The van der Waals surface area contributed by atoms with Crippen molar-refractivity contribution in [2.75, 3.05) is 20.6 Å². The number of hydrogen-bond donors (Lipinski definition) is 1. The van der Waals surface area contributed by atoms with E-state index in [-0.39, 0.29) is 11.9 Å². The summed E-state index contributed by atoms with van der Waals surface area (Å²) in [4.78, 5) is 16.1. The minimum Gasteiger partial charge on any atom is -0.349 e. The van der Waals surface area contributed by atoms with Crippen LogP contribution < -0.4 is 5.32 Å². The van der Waals surface area contributed by atoms with Crippen LogP contribution in [0.5, 0.6) is 0 Å². The molecule has 1 unspecified atom stereocenters. The van der Waals surface area contributed by atoms with Gasteiger partial charge in [-0.2, -0.15) is 0 Å². The Morgan fingerprint density at radius 1 is 1.42 bits per heavy atom. The van der Waals surface area contributed by atoms with Crippen LogP contribution in [0, 0.1) is 0 Å². The highest BCUT2D eigenvalue weighted by molar-refractivity contribution is 9.11. The number of halogens is 1. The van der Waals surface area contributed by atoms with Crippen LogP contribution in [0.25, 0.3) is 0 Å². The van der Waals surface area contributed by atoms with Crippen LogP contribution in [0.3, 0.4) is 0 Å². The van der Waals surface area contributed by atoms with Gasteiger partial charge >= 0.3 is 0 Å². The molecule has 3 nitrogen and oxygen atoms in total. The molecule has 6 heteroatoms. The molecular formula is C13H15BrN2OS2. The molecule has 0 saturated heterocycles. The standard InChI is InChI=1S/C13H15BrN2OS2/c1-16(2)9(10-4-3-7-18-10)8-15-13(17)11-5-6-12(14)19-11/h3-7,9H,8H2,1-2H3,(H,15,17). The topological polar surface area (TPSA) is 32.3 Å². The van der Waals surface area contributed by atoms with Crippen molar-refractivity contribution in [3.63, 3.8) is 0 Å². The van der Waals surface area contributed by atoms with Crippen LogP contribution in [-0.4, -0.2) is 31.4 Å². The Bertz CT molecular complexity index is 537. The number of amides is 1. The number of carbonyl (C=O) groups excluding carboxylic acids is 1. The Morgan fingerprint density at radius 3 is 2.74 bits per heavy atom. The minimum atomic E-state index is -0.0147. The molecule has 0 spiro atoms. The lowest BCUT2D eigenvalue weighted by molar-refractivity contribution is 0.0946. The van der Waals surface area contributed by atoms with Crippen molar-refractivity contribution >= 4 is 44.5 Å². The summed E-state index contributed by atoms with van der Waals surface area (Å²) < 4.78 is 0.972. The van der Waals surface area contributed by atoms with Crippen LogP contribution >= 0.6 is 38.6 Å². The lowest BCUT2D eigenvalue weighted by Gasteiger charge is -2.23. The van der Waals surface area contributed by atoms with Gasteiger partial charge in [0, 0.05) is 11.4 Å². The Balaban J connectivity index is 1.98. The Hall–Kier alpha value is -0.690. The van der Waals surface area contributed by atoms with E-state index >= 15 is 0 Å². The molecule has 0 bridgehead atoms. The molecular weight excluding hydrogens is 344 g/mol. The molecule has 1 atom stereocenters. The van der Waals surface area contributed by atoms with E-state index in [0.717, 1.165) is 8.66 Å². The first-order chi connectivity index (χ1) is 9.08. The van der Waals surface area contributed by atoms with E-state index in [1.807, 2.05) is 32.3 Å². The molecule has 2 heterocycles. The second-order valence-electron chi connectivity index (χ2n) is 4.31. The third-order valence-electron chi connectivity index (χ3n) is 2.75. The average molecular weight is 359 g/mol. The summed E-state index contributed by atoms with van der Waals surface area (Å²) >= 11 is 6.53. The van der Waals surface area contributed by atoms with Crippen molar-refractivity contribution in [2.45, 2.75) is 6.04 Å². The maximum atomic E-state index is 12.0. The molecule has 1 N–H and O–H groups in total. The highest BCUT2D eigenvalue weighted by atomic mass is 79.9. The summed E-state index contributed by atoms with van der Waals surface area (Å²) in [6.45, 7) is 0.613. The van der Waals surface area contributed by atoms with Crippen LogP contribution in [-0.2, 0) is 0 Å². The van der Waals surface area contributed by atoms with Gasteiger partial charge in [-0.1, -0.05) is 6.07 Å². The van der Waals surface area contributed by atoms with E-state index in [1.165, 1.54) is 16.2 Å².